The Morgan fingerprint density at radius 3 is 2.80 bits per heavy atom. The number of rotatable bonds is 4. The molecule has 1 unspecified atom stereocenters. The van der Waals surface area contributed by atoms with Crippen LogP contribution in [0, 0.1) is 5.92 Å². The molecular weight excluding hydrogens is 254 g/mol. The molecule has 0 aliphatic carbocycles. The summed E-state index contributed by atoms with van der Waals surface area (Å²) >= 11 is 0. The summed E-state index contributed by atoms with van der Waals surface area (Å²) in [5.41, 5.74) is 0.873. The Morgan fingerprint density at radius 1 is 1.50 bits per heavy atom. The molecule has 1 atom stereocenters. The van der Waals surface area contributed by atoms with Gasteiger partial charge in [-0.05, 0) is 42.5 Å². The van der Waals surface area contributed by atoms with Crippen molar-refractivity contribution in [1.82, 2.24) is 4.90 Å². The van der Waals surface area contributed by atoms with Crippen LogP contribution in [0.4, 0.5) is 0 Å². The molecule has 1 fully saturated rings. The van der Waals surface area contributed by atoms with Crippen molar-refractivity contribution in [1.29, 1.82) is 0 Å². The van der Waals surface area contributed by atoms with Crippen LogP contribution < -0.4 is 4.74 Å². The van der Waals surface area contributed by atoms with Crippen LogP contribution in [0.3, 0.4) is 0 Å². The van der Waals surface area contributed by atoms with Gasteiger partial charge in [0.05, 0.1) is 13.2 Å². The van der Waals surface area contributed by atoms with Crippen molar-refractivity contribution in [3.05, 3.63) is 42.5 Å². The monoisotopic (exact) mass is 275 g/mol. The Kier molecular flexibility index (Phi) is 4.79. The fraction of sp³-hybridized carbons (Fsp3) is 0.438. The van der Waals surface area contributed by atoms with E-state index in [-0.39, 0.29) is 11.8 Å². The maximum Gasteiger partial charge on any atom is 0.245 e. The number of aliphatic hydroxyl groups is 1. The highest BCUT2D eigenvalue weighted by molar-refractivity contribution is 5.87. The van der Waals surface area contributed by atoms with Gasteiger partial charge in [-0.1, -0.05) is 18.7 Å². The van der Waals surface area contributed by atoms with E-state index in [9.17, 15) is 9.90 Å². The SMILES string of the molecule is C=CC(=O)N1CCC(C(O)c2cccc(OC)c2)CC1. The predicted molar refractivity (Wildman–Crippen MR) is 77.5 cm³/mol. The second-order valence-corrected chi connectivity index (χ2v) is 5.09. The molecule has 0 radical (unpaired) electrons. The molecule has 108 valence electrons. The number of likely N-dealkylation sites (tertiary alicyclic amines) is 1. The van der Waals surface area contributed by atoms with Crippen molar-refractivity contribution >= 4 is 5.91 Å². The average Bonchev–Trinajstić information content (AvgIpc) is 2.53. The molecule has 1 aromatic carbocycles. The zero-order valence-corrected chi connectivity index (χ0v) is 11.8. The fourth-order valence-electron chi connectivity index (χ4n) is 2.66. The van der Waals surface area contributed by atoms with Gasteiger partial charge < -0.3 is 14.7 Å². The molecule has 4 heteroatoms. The Labute approximate surface area is 119 Å². The molecule has 1 aliphatic heterocycles. The number of ether oxygens (including phenoxy) is 1. The second kappa shape index (κ2) is 6.57. The van der Waals surface area contributed by atoms with Crippen LogP contribution >= 0.6 is 0 Å². The molecule has 1 aliphatic rings. The summed E-state index contributed by atoms with van der Waals surface area (Å²) < 4.78 is 5.18. The number of carbonyl (C=O) groups is 1. The maximum absolute atomic E-state index is 11.5. The summed E-state index contributed by atoms with van der Waals surface area (Å²) in [6.45, 7) is 4.86. The highest BCUT2D eigenvalue weighted by atomic mass is 16.5. The van der Waals surface area contributed by atoms with E-state index >= 15 is 0 Å². The van der Waals surface area contributed by atoms with Crippen molar-refractivity contribution in [2.75, 3.05) is 20.2 Å². The summed E-state index contributed by atoms with van der Waals surface area (Å²) in [7, 11) is 1.62. The summed E-state index contributed by atoms with van der Waals surface area (Å²) in [6, 6.07) is 7.52. The van der Waals surface area contributed by atoms with Gasteiger partial charge in [-0.25, -0.2) is 0 Å². The Balaban J connectivity index is 1.99. The van der Waals surface area contributed by atoms with Crippen molar-refractivity contribution in [2.24, 2.45) is 5.92 Å². The third kappa shape index (κ3) is 3.20. The van der Waals surface area contributed by atoms with E-state index in [0.29, 0.717) is 13.1 Å². The van der Waals surface area contributed by atoms with Gasteiger partial charge in [-0.3, -0.25) is 4.79 Å². The first-order valence-corrected chi connectivity index (χ1v) is 6.89. The Bertz CT molecular complexity index is 478. The van der Waals surface area contributed by atoms with E-state index in [1.54, 1.807) is 12.0 Å². The summed E-state index contributed by atoms with van der Waals surface area (Å²) in [5.74, 6) is 0.899. The maximum atomic E-state index is 11.5. The number of hydrogen-bond donors (Lipinski definition) is 1. The van der Waals surface area contributed by atoms with E-state index < -0.39 is 6.10 Å². The molecule has 1 N–H and O–H groups in total. The van der Waals surface area contributed by atoms with Gasteiger partial charge in [0.1, 0.15) is 5.75 Å². The molecule has 0 spiro atoms. The average molecular weight is 275 g/mol. The first kappa shape index (κ1) is 14.6. The van der Waals surface area contributed by atoms with Crippen LogP contribution in [0.5, 0.6) is 5.75 Å². The fourth-order valence-corrected chi connectivity index (χ4v) is 2.66. The van der Waals surface area contributed by atoms with Gasteiger partial charge in [-0.2, -0.15) is 0 Å². The highest BCUT2D eigenvalue weighted by Gasteiger charge is 2.27. The third-order valence-corrected chi connectivity index (χ3v) is 3.91. The normalized spacial score (nSPS) is 17.6. The molecule has 20 heavy (non-hydrogen) atoms. The largest absolute Gasteiger partial charge is 0.497 e. The van der Waals surface area contributed by atoms with Gasteiger partial charge in [0.25, 0.3) is 0 Å². The molecule has 1 aromatic rings. The zero-order valence-electron chi connectivity index (χ0n) is 11.8. The van der Waals surface area contributed by atoms with E-state index in [1.807, 2.05) is 24.3 Å². The van der Waals surface area contributed by atoms with Gasteiger partial charge in [-0.15, -0.1) is 0 Å². The summed E-state index contributed by atoms with van der Waals surface area (Å²) in [6.07, 6.45) is 2.44. The first-order chi connectivity index (χ1) is 9.65. The first-order valence-electron chi connectivity index (χ1n) is 6.89. The molecule has 0 bridgehead atoms. The van der Waals surface area contributed by atoms with Crippen LogP contribution in [0.15, 0.2) is 36.9 Å². The molecule has 0 saturated carbocycles. The molecule has 1 heterocycles. The van der Waals surface area contributed by atoms with Crippen LogP contribution in [0.2, 0.25) is 0 Å². The van der Waals surface area contributed by atoms with Crippen molar-refractivity contribution in [3.63, 3.8) is 0 Å². The molecule has 2 rings (SSSR count). The molecular formula is C16H21NO3. The van der Waals surface area contributed by atoms with Crippen molar-refractivity contribution in [3.8, 4) is 5.75 Å². The lowest BCUT2D eigenvalue weighted by atomic mass is 9.87. The smallest absolute Gasteiger partial charge is 0.245 e. The van der Waals surface area contributed by atoms with Crippen LogP contribution in [-0.2, 0) is 4.79 Å². The van der Waals surface area contributed by atoms with Crippen molar-refractivity contribution in [2.45, 2.75) is 18.9 Å². The number of amides is 1. The van der Waals surface area contributed by atoms with Crippen LogP contribution in [0.25, 0.3) is 0 Å². The number of nitrogens with zero attached hydrogens (tertiary/aromatic N) is 1. The number of carbonyl (C=O) groups excluding carboxylic acids is 1. The number of methoxy groups -OCH3 is 1. The quantitative estimate of drug-likeness (QED) is 0.857. The Hall–Kier alpha value is -1.81. The van der Waals surface area contributed by atoms with E-state index in [4.69, 9.17) is 4.74 Å². The van der Waals surface area contributed by atoms with E-state index in [0.717, 1.165) is 24.2 Å². The standard InChI is InChI=1S/C16H21NO3/c1-3-15(18)17-9-7-12(8-10-17)16(19)13-5-4-6-14(11-13)20-2/h3-6,11-12,16,19H,1,7-10H2,2H3. The lowest BCUT2D eigenvalue weighted by molar-refractivity contribution is -0.128. The topological polar surface area (TPSA) is 49.8 Å². The zero-order chi connectivity index (χ0) is 14.5. The molecule has 1 amide bonds. The van der Waals surface area contributed by atoms with E-state index in [1.165, 1.54) is 6.08 Å². The minimum Gasteiger partial charge on any atom is -0.497 e. The number of piperidine rings is 1. The number of hydrogen-bond acceptors (Lipinski definition) is 3. The predicted octanol–water partition coefficient (Wildman–Crippen LogP) is 2.15. The Morgan fingerprint density at radius 2 is 2.20 bits per heavy atom. The minimum absolute atomic E-state index is 0.0284. The van der Waals surface area contributed by atoms with Gasteiger partial charge in [0.15, 0.2) is 0 Å². The van der Waals surface area contributed by atoms with Gasteiger partial charge in [0.2, 0.25) is 5.91 Å². The van der Waals surface area contributed by atoms with Crippen LogP contribution in [0.1, 0.15) is 24.5 Å². The van der Waals surface area contributed by atoms with Gasteiger partial charge >= 0.3 is 0 Å². The summed E-state index contributed by atoms with van der Waals surface area (Å²) in [5, 5.41) is 10.5. The van der Waals surface area contributed by atoms with Crippen LogP contribution in [-0.4, -0.2) is 36.1 Å². The molecule has 4 nitrogen and oxygen atoms in total. The second-order valence-electron chi connectivity index (χ2n) is 5.09. The van der Waals surface area contributed by atoms with Crippen molar-refractivity contribution < 1.29 is 14.6 Å². The molecule has 0 aromatic heterocycles. The molecule has 1 saturated heterocycles. The third-order valence-electron chi connectivity index (χ3n) is 3.91. The lowest BCUT2D eigenvalue weighted by Crippen LogP contribution is -2.38. The minimum atomic E-state index is -0.508. The van der Waals surface area contributed by atoms with E-state index in [2.05, 4.69) is 6.58 Å². The number of aliphatic hydroxyl groups excluding tert-OH is 1. The summed E-state index contributed by atoms with van der Waals surface area (Å²) in [4.78, 5) is 13.3. The lowest BCUT2D eigenvalue weighted by Gasteiger charge is -2.33. The highest BCUT2D eigenvalue weighted by Crippen LogP contribution is 2.32. The van der Waals surface area contributed by atoms with Gasteiger partial charge in [0, 0.05) is 13.1 Å². The number of benzene rings is 1.